The molecule has 0 spiro atoms. The molecule has 4 aromatic carbocycles. The average Bonchev–Trinajstić information content (AvgIpc) is 3.40. The molecule has 0 bridgehead atoms. The molecule has 2 aliphatic rings. The zero-order valence-corrected chi connectivity index (χ0v) is 22.4. The van der Waals surface area contributed by atoms with Crippen molar-refractivity contribution in [3.8, 4) is 11.1 Å². The first-order valence-electron chi connectivity index (χ1n) is 12.2. The first kappa shape index (κ1) is 23.5. The van der Waals surface area contributed by atoms with Crippen LogP contribution in [0.4, 0.5) is 11.4 Å². The topological polar surface area (TPSA) is 60.3 Å². The number of carbonyl (C=O) groups is 1. The number of hydrogen-bond acceptors (Lipinski definition) is 5. The van der Waals surface area contributed by atoms with Crippen molar-refractivity contribution in [3.63, 3.8) is 0 Å². The Balaban J connectivity index is 1.39. The van der Waals surface area contributed by atoms with Gasteiger partial charge in [0.15, 0.2) is 0 Å². The van der Waals surface area contributed by atoms with Crippen LogP contribution < -0.4 is 8.43 Å². The molecular formula is C30H26IN5O. The maximum absolute atomic E-state index is 13.9. The van der Waals surface area contributed by atoms with Crippen LogP contribution in [0.2, 0.25) is 0 Å². The summed E-state index contributed by atoms with van der Waals surface area (Å²) in [6.45, 7) is 6.35. The lowest BCUT2D eigenvalue weighted by Crippen LogP contribution is -2.36. The van der Waals surface area contributed by atoms with E-state index in [1.165, 1.54) is 0 Å². The van der Waals surface area contributed by atoms with E-state index in [1.807, 2.05) is 59.6 Å². The van der Waals surface area contributed by atoms with Crippen molar-refractivity contribution in [2.24, 2.45) is 8.14 Å². The van der Waals surface area contributed by atoms with E-state index >= 15 is 0 Å². The third kappa shape index (κ3) is 4.79. The summed E-state index contributed by atoms with van der Waals surface area (Å²) in [5.41, 5.74) is 7.20. The average molecular weight is 599 g/mol. The van der Waals surface area contributed by atoms with Gasteiger partial charge in [0.2, 0.25) is 0 Å². The van der Waals surface area contributed by atoms with E-state index in [2.05, 4.69) is 59.7 Å². The van der Waals surface area contributed by atoms with Gasteiger partial charge in [-0.3, -0.25) is 9.79 Å². The Morgan fingerprint density at radius 2 is 1.81 bits per heavy atom. The highest BCUT2D eigenvalue weighted by atomic mass is 127. The van der Waals surface area contributed by atoms with Crippen LogP contribution in [0, 0.1) is 0 Å². The van der Waals surface area contributed by atoms with E-state index in [9.17, 15) is 4.79 Å². The van der Waals surface area contributed by atoms with Gasteiger partial charge in [-0.25, -0.2) is 3.15 Å². The quantitative estimate of drug-likeness (QED) is 0.156. The van der Waals surface area contributed by atoms with Crippen LogP contribution in [0.5, 0.6) is 0 Å². The second-order valence-electron chi connectivity index (χ2n) is 9.16. The van der Waals surface area contributed by atoms with E-state index in [1.54, 1.807) is 0 Å². The van der Waals surface area contributed by atoms with Gasteiger partial charge in [0, 0.05) is 30.9 Å². The summed E-state index contributed by atoms with van der Waals surface area (Å²) in [4.78, 5) is 22.4. The molecular weight excluding hydrogens is 573 g/mol. The number of halogens is 1. The Kier molecular flexibility index (Phi) is 6.53. The molecule has 184 valence electrons. The molecule has 0 atom stereocenters. The van der Waals surface area contributed by atoms with Gasteiger partial charge in [-0.05, 0) is 64.5 Å². The lowest BCUT2D eigenvalue weighted by atomic mass is 10.00. The Hall–Kier alpha value is -3.85. The summed E-state index contributed by atoms with van der Waals surface area (Å²) < 4.78 is 7.87. The van der Waals surface area contributed by atoms with Gasteiger partial charge in [-0.2, -0.15) is 0 Å². The van der Waals surface area contributed by atoms with Crippen LogP contribution in [-0.2, 0) is 6.54 Å². The lowest BCUT2D eigenvalue weighted by molar-refractivity contribution is 0.0753. The molecule has 2 aliphatic heterocycles. The van der Waals surface area contributed by atoms with Crippen LogP contribution >= 0.6 is 21.3 Å². The highest BCUT2D eigenvalue weighted by Crippen LogP contribution is 2.33. The van der Waals surface area contributed by atoms with E-state index in [0.717, 1.165) is 63.2 Å². The number of carbonyl (C=O) groups excluding carboxylic acids is 1. The number of nitrogens with one attached hydrogen (secondary N) is 1. The summed E-state index contributed by atoms with van der Waals surface area (Å²) in [5, 5.41) is 2.07. The summed E-state index contributed by atoms with van der Waals surface area (Å²) in [6, 6.07) is 28.7. The molecule has 0 unspecified atom stereocenters. The largest absolute Gasteiger partial charge is 0.364 e. The number of amides is 1. The van der Waals surface area contributed by atoms with Crippen molar-refractivity contribution in [1.82, 2.24) is 8.43 Å². The van der Waals surface area contributed by atoms with Crippen LogP contribution in [0.25, 0.3) is 21.9 Å². The maximum Gasteiger partial charge on any atom is 0.254 e. The minimum absolute atomic E-state index is 0.0620. The summed E-state index contributed by atoms with van der Waals surface area (Å²) in [7, 11) is 0. The molecule has 37 heavy (non-hydrogen) atoms. The number of hydrogen-bond donors (Lipinski definition) is 1. The van der Waals surface area contributed by atoms with Gasteiger partial charge < -0.3 is 13.3 Å². The predicted octanol–water partition coefficient (Wildman–Crippen LogP) is 6.82. The fraction of sp³-hybridized carbons (Fsp3) is 0.133. The summed E-state index contributed by atoms with van der Waals surface area (Å²) in [5.74, 6) is 0.0620. The molecule has 1 amide bonds. The minimum atomic E-state index is -0.334. The first-order valence-corrected chi connectivity index (χ1v) is 14.2. The van der Waals surface area contributed by atoms with Crippen LogP contribution in [0.15, 0.2) is 105 Å². The Labute approximate surface area is 226 Å². The molecule has 0 radical (unpaired) electrons. The molecule has 0 fully saturated rings. The zero-order chi connectivity index (χ0) is 25.2. The second kappa shape index (κ2) is 10.3. The molecule has 2 heterocycles. The monoisotopic (exact) mass is 599 g/mol. The van der Waals surface area contributed by atoms with Crippen molar-refractivity contribution >= 4 is 56.1 Å². The molecule has 7 heteroatoms. The smallest absolute Gasteiger partial charge is 0.254 e. The van der Waals surface area contributed by atoms with Gasteiger partial charge in [-0.15, -0.1) is 0 Å². The number of fused-ring (bicyclic) bond motifs is 2. The third-order valence-corrected chi connectivity index (χ3v) is 8.36. The van der Waals surface area contributed by atoms with E-state index < -0.39 is 0 Å². The minimum Gasteiger partial charge on any atom is -0.364 e. The van der Waals surface area contributed by atoms with E-state index in [-0.39, 0.29) is 27.2 Å². The van der Waals surface area contributed by atoms with Gasteiger partial charge >= 0.3 is 0 Å². The highest BCUT2D eigenvalue weighted by molar-refractivity contribution is 14.1. The standard InChI is InChI=1S/C30H26IN5O/c1-32-25-9-4-8-22(17-25)23-12-13-29-24(16-23)19-36(15-14-35(29)20-26-18-33-31-34-26)30(37)28-11-5-7-21-6-2-3-10-27(21)28/h2-13,16-18H,1,14-15,19-20H2,(H,33,34). The zero-order valence-electron chi connectivity index (χ0n) is 20.3. The maximum atomic E-state index is 13.9. The molecule has 0 saturated heterocycles. The van der Waals surface area contributed by atoms with Crippen LogP contribution in [-0.4, -0.2) is 37.2 Å². The predicted molar refractivity (Wildman–Crippen MR) is 160 cm³/mol. The number of rotatable bonds is 5. The Bertz CT molecular complexity index is 1570. The SMILES string of the molecule is C=Nc1cccc(-c2ccc3c(c2)CN(C(=O)c2cccc4ccccc24)CCN3CC2=CN=IN2)c1. The van der Waals surface area contributed by atoms with Crippen molar-refractivity contribution in [1.29, 1.82) is 0 Å². The lowest BCUT2D eigenvalue weighted by Gasteiger charge is -2.25. The van der Waals surface area contributed by atoms with Crippen molar-refractivity contribution in [3.05, 3.63) is 108 Å². The van der Waals surface area contributed by atoms with Gasteiger partial charge in [0.1, 0.15) is 21.3 Å². The molecule has 0 aliphatic carbocycles. The number of anilines is 1. The van der Waals surface area contributed by atoms with Crippen molar-refractivity contribution in [2.45, 2.75) is 6.54 Å². The summed E-state index contributed by atoms with van der Waals surface area (Å²) in [6.07, 6.45) is 1.96. The second-order valence-corrected chi connectivity index (χ2v) is 10.7. The van der Waals surface area contributed by atoms with Gasteiger partial charge in [0.05, 0.1) is 24.1 Å². The van der Waals surface area contributed by atoms with Crippen molar-refractivity contribution < 1.29 is 4.79 Å². The van der Waals surface area contributed by atoms with Gasteiger partial charge in [0.25, 0.3) is 5.91 Å². The fourth-order valence-electron chi connectivity index (χ4n) is 5.01. The number of benzene rings is 4. The molecule has 6 rings (SSSR count). The molecule has 0 aromatic heterocycles. The fourth-order valence-corrected chi connectivity index (χ4v) is 6.25. The van der Waals surface area contributed by atoms with E-state index in [4.69, 9.17) is 0 Å². The molecule has 4 aromatic rings. The normalized spacial score (nSPS) is 14.9. The van der Waals surface area contributed by atoms with Crippen molar-refractivity contribution in [2.75, 3.05) is 24.5 Å². The molecule has 0 saturated carbocycles. The Morgan fingerprint density at radius 3 is 2.68 bits per heavy atom. The van der Waals surface area contributed by atoms with Crippen LogP contribution in [0.3, 0.4) is 0 Å². The molecule has 1 N–H and O–H groups in total. The molecule has 6 nitrogen and oxygen atoms in total. The van der Waals surface area contributed by atoms with Gasteiger partial charge in [-0.1, -0.05) is 54.6 Å². The van der Waals surface area contributed by atoms with Crippen LogP contribution in [0.1, 0.15) is 15.9 Å². The number of aliphatic imine (C=N–C) groups is 1. The summed E-state index contributed by atoms with van der Waals surface area (Å²) >= 11 is -0.334. The third-order valence-electron chi connectivity index (χ3n) is 6.87. The Morgan fingerprint density at radius 1 is 0.973 bits per heavy atom. The number of nitrogens with zero attached hydrogens (tertiary/aromatic N) is 4. The van der Waals surface area contributed by atoms with E-state index in [0.29, 0.717) is 13.1 Å². The first-order chi connectivity index (χ1) is 18.2. The highest BCUT2D eigenvalue weighted by Gasteiger charge is 2.26.